The van der Waals surface area contributed by atoms with Gasteiger partial charge in [0.1, 0.15) is 12.1 Å². The summed E-state index contributed by atoms with van der Waals surface area (Å²) in [7, 11) is 1.73. The highest BCUT2D eigenvalue weighted by atomic mass is 16.5. The average Bonchev–Trinajstić information content (AvgIpc) is 1.33. The highest BCUT2D eigenvalue weighted by Gasteiger charge is 2.65. The molecule has 11 fully saturated rings. The van der Waals surface area contributed by atoms with Crippen LogP contribution in [0.15, 0.2) is 163 Å². The molecule has 5 aromatic heterocycles. The number of rotatable bonds is 7. The number of methoxy groups -OCH3 is 1. The standard InChI is InChI=1S/C26H34N2O.C25H34N2O2.C23H31N3O.C23H29N3O.C21H28N4O/c1-4-17-13-18(16-27-15-17)21-7-8-22-20-6-5-19-14-24(29)28-12-11-25(19,2)23(20)9-10-26(21,22)3;1-24-10-11-27-23(28)13-17(24)4-5-19-21-7-6-20(25(21,2)9-8-22(19)24)16-12-18(29-3)15-26-14-16;1-15-13-26(14-25-15)20-7-6-18-17-5-4-16-12-21(27)24-11-10-22(16,2)19(17)8-9-23(18,20)3;1-22-9-10-26-21(27)11-16(22)3-4-17-19-6-5-18(15-12-24-14-25-13-15)23(19,2)8-7-20(17)22;1-20-9-10-22-19(26)13-14(20)3-4-15-16-5-6-18(25-12-11-23-24-25)21(16,2)8-7-17(15)20/h7,13-16,20,22-23H,4-6,8-12H2,1-3H3,(H,28,29);12-15,19-22H,4-11H2,1-3H3,(H,27,28);7,12-14,17-19H,4-6,8-11H2,1-3H3,(H,24,27);5,11-14,17,19-20H,3-4,6-10H2,1-2H3,(H,26,27);6,11-13,15-17H,3-5,7-10H2,1-2H3,(H,22,26)/t20-,22-,23?,25-,26+;19-,20?,21-,22?,24-,25+;17-,18-,19?,22-,23-;17-,19-,20?,22-,23+;15-,16-,17?,20-,21-/m00000/s1. The molecule has 20 nitrogen and oxygen atoms in total. The average molecular weight is 1870 g/mol. The molecule has 15 aliphatic carbocycles. The second-order valence-electron chi connectivity index (χ2n) is 49.1. The summed E-state index contributed by atoms with van der Waals surface area (Å²) in [6.45, 7) is 33.1. The van der Waals surface area contributed by atoms with Crippen molar-refractivity contribution >= 4 is 52.1 Å². The molecule has 26 atom stereocenters. The lowest BCUT2D eigenvalue weighted by atomic mass is 9.47. The molecule has 5 amide bonds. The molecule has 0 saturated heterocycles. The van der Waals surface area contributed by atoms with Crippen LogP contribution in [-0.2, 0) is 30.4 Å². The SMILES string of the molecule is CCc1cncc(C2=CC[C@H]3[C@@H]4CCC5=CC(=O)NCC[C@]5(C)C4CC[C@]23C)c1.COc1cncc(C2CC[C@H]3[C@@H]4CCC5=CC(=O)NCC[C@]5(C)C4CC[C@]23C)c1.C[C@]12CCNC(=O)C=C1CC[C@@H]1C2CC[C@]2(C)C(c3cncnc3)=CC[C@@H]12.C[C@]12CCNC(=O)C=C1CC[C@@H]1C2CC[C@]2(C)C(n3ccnn3)=CC[C@@H]12.Cc1cn(C2=CC[C@H]3[C@@H]4CCC5=CC(=O)NCC[C@]5(C)C4CC[C@]23C)cn1. The molecule has 5 aliphatic heterocycles. The van der Waals surface area contributed by atoms with Gasteiger partial charge in [0.05, 0.1) is 37.7 Å². The van der Waals surface area contributed by atoms with Crippen molar-refractivity contribution in [3.63, 3.8) is 0 Å². The van der Waals surface area contributed by atoms with Gasteiger partial charge in [-0.05, 0) is 390 Å². The van der Waals surface area contributed by atoms with Gasteiger partial charge in [0.25, 0.3) is 0 Å². The van der Waals surface area contributed by atoms with Crippen molar-refractivity contribution in [2.75, 3.05) is 39.8 Å². The fourth-order valence-corrected chi connectivity index (χ4v) is 36.1. The number of carbonyl (C=O) groups excluding carboxylic acids is 5. The molecule has 5 aromatic rings. The molecule has 11 saturated carbocycles. The molecule has 10 heterocycles. The van der Waals surface area contributed by atoms with Crippen molar-refractivity contribution in [3.8, 4) is 5.75 Å². The van der Waals surface area contributed by atoms with Crippen LogP contribution in [-0.4, -0.2) is 114 Å². The normalized spacial score (nSPS) is 40.7. The molecule has 25 rings (SSSR count). The molecule has 734 valence electrons. The van der Waals surface area contributed by atoms with Crippen molar-refractivity contribution < 1.29 is 28.7 Å². The lowest BCUT2D eigenvalue weighted by Gasteiger charge is -2.57. The van der Waals surface area contributed by atoms with Gasteiger partial charge in [0.2, 0.25) is 29.5 Å². The summed E-state index contributed by atoms with van der Waals surface area (Å²) >= 11 is 0. The number of aromatic nitrogens is 9. The Kier molecular flexibility index (Phi) is 25.1. The highest BCUT2D eigenvalue weighted by molar-refractivity contribution is 5.91. The van der Waals surface area contributed by atoms with E-state index in [1.165, 1.54) is 196 Å². The number of pyridine rings is 2. The second kappa shape index (κ2) is 36.5. The Labute approximate surface area is 820 Å². The Morgan fingerprint density at radius 3 is 1.20 bits per heavy atom. The van der Waals surface area contributed by atoms with Gasteiger partial charge in [0.15, 0.2) is 0 Å². The summed E-state index contributed by atoms with van der Waals surface area (Å²) < 4.78 is 9.73. The summed E-state index contributed by atoms with van der Waals surface area (Å²) in [5.41, 5.74) is 21.5. The maximum atomic E-state index is 12.1. The van der Waals surface area contributed by atoms with Gasteiger partial charge in [-0.3, -0.25) is 33.9 Å². The van der Waals surface area contributed by atoms with Crippen LogP contribution in [0.3, 0.4) is 0 Å². The van der Waals surface area contributed by atoms with Crippen molar-refractivity contribution in [2.45, 2.75) is 294 Å². The smallest absolute Gasteiger partial charge is 0.243 e. The van der Waals surface area contributed by atoms with E-state index in [2.05, 4.69) is 204 Å². The van der Waals surface area contributed by atoms with Gasteiger partial charge >= 0.3 is 0 Å². The number of hydrogen-bond acceptors (Lipinski definition) is 13. The first-order chi connectivity index (χ1) is 66.4. The van der Waals surface area contributed by atoms with Gasteiger partial charge in [0, 0.05) is 128 Å². The van der Waals surface area contributed by atoms with Crippen LogP contribution >= 0.6 is 0 Å². The van der Waals surface area contributed by atoms with Gasteiger partial charge < -0.3 is 35.9 Å². The quantitative estimate of drug-likeness (QED) is 0.102. The Bertz CT molecular complexity index is 5790. The van der Waals surface area contributed by atoms with Crippen molar-refractivity contribution in [1.29, 1.82) is 0 Å². The Morgan fingerprint density at radius 2 is 0.783 bits per heavy atom. The minimum atomic E-state index is 0.110. The van der Waals surface area contributed by atoms with Crippen molar-refractivity contribution in [3.05, 3.63) is 191 Å². The van der Waals surface area contributed by atoms with Crippen LogP contribution in [0.1, 0.15) is 309 Å². The molecule has 20 heteroatoms. The third-order valence-corrected chi connectivity index (χ3v) is 43.6. The monoisotopic (exact) mass is 1870 g/mol. The third-order valence-electron chi connectivity index (χ3n) is 43.6. The molecular formula is C118H156N14O6. The van der Waals surface area contributed by atoms with E-state index < -0.39 is 0 Å². The van der Waals surface area contributed by atoms with Crippen LogP contribution < -0.4 is 31.3 Å². The summed E-state index contributed by atoms with van der Waals surface area (Å²) in [6.07, 6.45) is 79.0. The Hall–Kier alpha value is -9.46. The zero-order valence-electron chi connectivity index (χ0n) is 85.1. The Morgan fingerprint density at radius 1 is 0.391 bits per heavy atom. The van der Waals surface area contributed by atoms with E-state index in [1.54, 1.807) is 25.2 Å². The summed E-state index contributed by atoms with van der Waals surface area (Å²) in [5.74, 6) is 13.0. The predicted molar refractivity (Wildman–Crippen MR) is 543 cm³/mol. The van der Waals surface area contributed by atoms with Crippen LogP contribution in [0.25, 0.3) is 22.5 Å². The number of carbonyl (C=O) groups is 5. The first-order valence-corrected chi connectivity index (χ1v) is 54.2. The molecule has 0 aromatic carbocycles. The van der Waals surface area contributed by atoms with Crippen LogP contribution in [0.2, 0.25) is 0 Å². The zero-order chi connectivity index (χ0) is 95.9. The van der Waals surface area contributed by atoms with Gasteiger partial charge in [-0.25, -0.2) is 19.6 Å². The number of fused-ring (bicyclic) bond motifs is 25. The number of imidazole rings is 1. The molecule has 20 aliphatic rings. The molecular weight excluding hydrogens is 1710 g/mol. The fourth-order valence-electron chi connectivity index (χ4n) is 36.1. The number of ether oxygens (including phenoxy) is 1. The summed E-state index contributed by atoms with van der Waals surface area (Å²) in [4.78, 5) is 82.4. The van der Waals surface area contributed by atoms with Crippen molar-refractivity contribution in [1.82, 2.24) is 71.1 Å². The van der Waals surface area contributed by atoms with Crippen LogP contribution in [0.5, 0.6) is 5.75 Å². The molecule has 5 N–H and O–H groups in total. The van der Waals surface area contributed by atoms with Gasteiger partial charge in [-0.2, -0.15) is 0 Å². The summed E-state index contributed by atoms with van der Waals surface area (Å²) in [5, 5.41) is 23.7. The second-order valence-corrected chi connectivity index (χ2v) is 49.1. The molecule has 138 heavy (non-hydrogen) atoms. The van der Waals surface area contributed by atoms with Crippen LogP contribution in [0.4, 0.5) is 0 Å². The maximum Gasteiger partial charge on any atom is 0.243 e. The molecule has 0 radical (unpaired) electrons. The van der Waals surface area contributed by atoms with Gasteiger partial charge in [-0.15, -0.1) is 5.10 Å². The largest absolute Gasteiger partial charge is 0.495 e. The maximum absolute atomic E-state index is 12.1. The topological polar surface area (TPSA) is 255 Å². The third kappa shape index (κ3) is 16.0. The van der Waals surface area contributed by atoms with E-state index in [0.29, 0.717) is 46.8 Å². The first-order valence-electron chi connectivity index (χ1n) is 54.2. The van der Waals surface area contributed by atoms with E-state index in [9.17, 15) is 24.0 Å². The zero-order valence-corrected chi connectivity index (χ0v) is 85.1. The lowest BCUT2D eigenvalue weighted by Crippen LogP contribution is -2.49. The lowest BCUT2D eigenvalue weighted by molar-refractivity contribution is -0.117. The fraction of sp³-hybridized carbons (Fsp3) is 0.644. The Balaban J connectivity index is 0.000000103. The molecule has 0 spiro atoms. The molecule has 0 bridgehead atoms. The minimum Gasteiger partial charge on any atom is -0.495 e. The minimum absolute atomic E-state index is 0.110. The first kappa shape index (κ1) is 94.8. The number of hydrogen-bond donors (Lipinski definition) is 5. The highest BCUT2D eigenvalue weighted by Crippen LogP contribution is 2.73. The number of amides is 5. The number of nitrogens with one attached hydrogen (secondary N) is 5. The van der Waals surface area contributed by atoms with E-state index in [1.807, 2.05) is 72.4 Å². The van der Waals surface area contributed by atoms with Crippen LogP contribution in [0, 0.1) is 150 Å². The predicted octanol–water partition coefficient (Wildman–Crippen LogP) is 22.1. The number of aryl methyl sites for hydroxylation is 2. The van der Waals surface area contributed by atoms with E-state index >= 15 is 0 Å². The number of nitrogens with zero attached hydrogens (tertiary/aromatic N) is 9. The van der Waals surface area contributed by atoms with Gasteiger partial charge in [-0.1, -0.05) is 134 Å². The van der Waals surface area contributed by atoms with E-state index in [-0.39, 0.29) is 78.3 Å². The van der Waals surface area contributed by atoms with Crippen molar-refractivity contribution in [2.24, 2.45) is 143 Å². The van der Waals surface area contributed by atoms with E-state index in [4.69, 9.17) is 4.74 Å². The summed E-state index contributed by atoms with van der Waals surface area (Å²) in [6, 6.07) is 4.58. The van der Waals surface area contributed by atoms with E-state index in [0.717, 1.165) is 174 Å². The molecule has 6 unspecified atom stereocenters. The number of allylic oxidation sites excluding steroid dienone is 13.